The van der Waals surface area contributed by atoms with E-state index in [1.165, 1.54) is 0 Å². The summed E-state index contributed by atoms with van der Waals surface area (Å²) >= 11 is 6.04. The second-order valence-electron chi connectivity index (χ2n) is 5.50. The summed E-state index contributed by atoms with van der Waals surface area (Å²) < 4.78 is 37.9. The van der Waals surface area contributed by atoms with Crippen LogP contribution in [0.2, 0.25) is 0 Å². The van der Waals surface area contributed by atoms with Crippen LogP contribution in [0.25, 0.3) is 0 Å². The van der Waals surface area contributed by atoms with E-state index in [0.29, 0.717) is 11.8 Å². The van der Waals surface area contributed by atoms with Crippen LogP contribution in [-0.2, 0) is 6.18 Å². The van der Waals surface area contributed by atoms with Crippen LogP contribution in [0.3, 0.4) is 0 Å². The van der Waals surface area contributed by atoms with Gasteiger partial charge < -0.3 is 5.32 Å². The Balaban J connectivity index is 2.19. The molecule has 0 aliphatic heterocycles. The third-order valence-electron chi connectivity index (χ3n) is 3.67. The third kappa shape index (κ3) is 3.53. The Morgan fingerprint density at radius 3 is 2.85 bits per heavy atom. The number of nitrogens with zero attached hydrogens (tertiary/aromatic N) is 2. The van der Waals surface area contributed by atoms with Crippen molar-refractivity contribution in [3.63, 3.8) is 0 Å². The van der Waals surface area contributed by atoms with E-state index in [0.717, 1.165) is 37.9 Å². The normalized spacial score (nSPS) is 27.4. The van der Waals surface area contributed by atoms with E-state index in [2.05, 4.69) is 22.2 Å². The minimum atomic E-state index is -4.46. The van der Waals surface area contributed by atoms with E-state index in [1.54, 1.807) is 0 Å². The standard InChI is InChI=1S/C13H17ClF3N3/c1-9-3-2-5-12(7-9,8-14)20-11-18-6-4-10(19-11)13(15,16)17/h4,6,9H,2-3,5,7-8H2,1H3,(H,18,19,20). The second-order valence-corrected chi connectivity index (χ2v) is 5.77. The topological polar surface area (TPSA) is 37.8 Å². The molecule has 0 amide bonds. The number of halogens is 4. The fourth-order valence-electron chi connectivity index (χ4n) is 2.74. The van der Waals surface area contributed by atoms with Gasteiger partial charge in [0.2, 0.25) is 5.95 Å². The summed E-state index contributed by atoms with van der Waals surface area (Å²) in [7, 11) is 0. The predicted octanol–water partition coefficient (Wildman–Crippen LogP) is 4.10. The number of aromatic nitrogens is 2. The van der Waals surface area contributed by atoms with E-state index in [-0.39, 0.29) is 5.95 Å². The van der Waals surface area contributed by atoms with Crippen LogP contribution >= 0.6 is 11.6 Å². The molecule has 2 unspecified atom stereocenters. The minimum absolute atomic E-state index is 0.00502. The number of nitrogens with one attached hydrogen (secondary N) is 1. The van der Waals surface area contributed by atoms with Gasteiger partial charge in [0.05, 0.1) is 5.54 Å². The first kappa shape index (κ1) is 15.4. The molecule has 2 rings (SSSR count). The molecule has 0 radical (unpaired) electrons. The maximum atomic E-state index is 12.6. The number of hydrogen-bond donors (Lipinski definition) is 1. The summed E-state index contributed by atoms with van der Waals surface area (Å²) in [6, 6.07) is 0.863. The molecule has 0 bridgehead atoms. The summed E-state index contributed by atoms with van der Waals surface area (Å²) in [6.45, 7) is 2.12. The molecular weight excluding hydrogens is 291 g/mol. The van der Waals surface area contributed by atoms with Crippen molar-refractivity contribution in [1.82, 2.24) is 9.97 Å². The van der Waals surface area contributed by atoms with Crippen molar-refractivity contribution >= 4 is 17.5 Å². The van der Waals surface area contributed by atoms with E-state index in [1.807, 2.05) is 0 Å². The van der Waals surface area contributed by atoms with Gasteiger partial charge in [-0.1, -0.05) is 19.8 Å². The molecule has 1 aliphatic carbocycles. The Labute approximate surface area is 120 Å². The Hall–Kier alpha value is -1.04. The first-order valence-electron chi connectivity index (χ1n) is 6.59. The predicted molar refractivity (Wildman–Crippen MR) is 71.7 cm³/mol. The Bertz CT molecular complexity index is 466. The number of rotatable bonds is 3. The lowest BCUT2D eigenvalue weighted by atomic mass is 9.77. The molecule has 1 N–H and O–H groups in total. The van der Waals surface area contributed by atoms with Gasteiger partial charge in [0.1, 0.15) is 5.69 Å². The van der Waals surface area contributed by atoms with Gasteiger partial charge in [-0.15, -0.1) is 11.6 Å². The average Bonchev–Trinajstić information content (AvgIpc) is 2.38. The first-order valence-corrected chi connectivity index (χ1v) is 7.12. The lowest BCUT2D eigenvalue weighted by Crippen LogP contribution is -2.44. The van der Waals surface area contributed by atoms with E-state index >= 15 is 0 Å². The Morgan fingerprint density at radius 1 is 1.50 bits per heavy atom. The highest BCUT2D eigenvalue weighted by molar-refractivity contribution is 6.18. The van der Waals surface area contributed by atoms with Gasteiger partial charge in [0.15, 0.2) is 0 Å². The largest absolute Gasteiger partial charge is 0.433 e. The van der Waals surface area contributed by atoms with Crippen molar-refractivity contribution in [2.45, 2.75) is 44.3 Å². The van der Waals surface area contributed by atoms with Gasteiger partial charge in [0, 0.05) is 12.1 Å². The van der Waals surface area contributed by atoms with Crippen molar-refractivity contribution in [3.05, 3.63) is 18.0 Å². The Kier molecular flexibility index (Phi) is 4.42. The van der Waals surface area contributed by atoms with Crippen LogP contribution in [-0.4, -0.2) is 21.4 Å². The highest BCUT2D eigenvalue weighted by atomic mass is 35.5. The molecule has 1 aromatic heterocycles. The average molecular weight is 308 g/mol. The van der Waals surface area contributed by atoms with Gasteiger partial charge in [-0.05, 0) is 24.8 Å². The first-order chi connectivity index (χ1) is 9.35. The van der Waals surface area contributed by atoms with Gasteiger partial charge in [0.25, 0.3) is 0 Å². The van der Waals surface area contributed by atoms with Crippen molar-refractivity contribution in [2.75, 3.05) is 11.2 Å². The lowest BCUT2D eigenvalue weighted by Gasteiger charge is -2.39. The fraction of sp³-hybridized carbons (Fsp3) is 0.692. The zero-order valence-corrected chi connectivity index (χ0v) is 11.9. The van der Waals surface area contributed by atoms with E-state index in [9.17, 15) is 13.2 Å². The van der Waals surface area contributed by atoms with Crippen LogP contribution < -0.4 is 5.32 Å². The molecule has 0 spiro atoms. The molecule has 1 fully saturated rings. The van der Waals surface area contributed by atoms with Gasteiger partial charge in [-0.2, -0.15) is 13.2 Å². The fourth-order valence-corrected chi connectivity index (χ4v) is 3.05. The second kappa shape index (κ2) is 5.76. The molecule has 7 heteroatoms. The quantitative estimate of drug-likeness (QED) is 0.855. The maximum Gasteiger partial charge on any atom is 0.433 e. The summed E-state index contributed by atoms with van der Waals surface area (Å²) in [5.41, 5.74) is -1.35. The van der Waals surface area contributed by atoms with Gasteiger partial charge >= 0.3 is 6.18 Å². The smallest absolute Gasteiger partial charge is 0.348 e. The van der Waals surface area contributed by atoms with Crippen molar-refractivity contribution in [1.29, 1.82) is 0 Å². The minimum Gasteiger partial charge on any atom is -0.348 e. The lowest BCUT2D eigenvalue weighted by molar-refractivity contribution is -0.141. The van der Waals surface area contributed by atoms with Crippen molar-refractivity contribution < 1.29 is 13.2 Å². The molecule has 1 heterocycles. The zero-order valence-electron chi connectivity index (χ0n) is 11.2. The number of alkyl halides is 4. The molecule has 2 atom stereocenters. The van der Waals surface area contributed by atoms with Gasteiger partial charge in [-0.3, -0.25) is 0 Å². The van der Waals surface area contributed by atoms with Crippen molar-refractivity contribution in [3.8, 4) is 0 Å². The van der Waals surface area contributed by atoms with Crippen LogP contribution in [0, 0.1) is 5.92 Å². The summed E-state index contributed by atoms with van der Waals surface area (Å²) in [5.74, 6) is 0.812. The molecule has 112 valence electrons. The molecule has 0 aromatic carbocycles. The monoisotopic (exact) mass is 307 g/mol. The van der Waals surface area contributed by atoms with E-state index in [4.69, 9.17) is 11.6 Å². The van der Waals surface area contributed by atoms with Crippen LogP contribution in [0.5, 0.6) is 0 Å². The molecule has 1 aromatic rings. The molecule has 20 heavy (non-hydrogen) atoms. The van der Waals surface area contributed by atoms with Gasteiger partial charge in [-0.25, -0.2) is 9.97 Å². The van der Waals surface area contributed by atoms with E-state index < -0.39 is 17.4 Å². The molecule has 3 nitrogen and oxygen atoms in total. The highest BCUT2D eigenvalue weighted by Crippen LogP contribution is 2.35. The maximum absolute atomic E-state index is 12.6. The van der Waals surface area contributed by atoms with Crippen LogP contribution in [0.1, 0.15) is 38.3 Å². The Morgan fingerprint density at radius 2 is 2.25 bits per heavy atom. The summed E-state index contributed by atoms with van der Waals surface area (Å²) in [5, 5.41) is 3.03. The SMILES string of the molecule is CC1CCCC(CCl)(Nc2nccc(C(F)(F)F)n2)C1. The van der Waals surface area contributed by atoms with Crippen LogP contribution in [0.4, 0.5) is 19.1 Å². The summed E-state index contributed by atoms with van der Waals surface area (Å²) in [6.07, 6.45) is 0.403. The highest BCUT2D eigenvalue weighted by Gasteiger charge is 2.36. The number of anilines is 1. The zero-order chi connectivity index (χ0) is 14.8. The van der Waals surface area contributed by atoms with Crippen LogP contribution in [0.15, 0.2) is 12.3 Å². The summed E-state index contributed by atoms with van der Waals surface area (Å²) in [4.78, 5) is 7.43. The molecule has 1 aliphatic rings. The molecular formula is C13H17ClF3N3. The third-order valence-corrected chi connectivity index (χ3v) is 4.18. The van der Waals surface area contributed by atoms with Crippen molar-refractivity contribution in [2.24, 2.45) is 5.92 Å². The molecule has 1 saturated carbocycles. The molecule has 0 saturated heterocycles. The number of hydrogen-bond acceptors (Lipinski definition) is 3.